The van der Waals surface area contributed by atoms with Crippen molar-refractivity contribution in [1.29, 1.82) is 0 Å². The van der Waals surface area contributed by atoms with Crippen molar-refractivity contribution in [1.82, 2.24) is 9.80 Å². The van der Waals surface area contributed by atoms with E-state index in [0.717, 1.165) is 51.2 Å². The lowest BCUT2D eigenvalue weighted by atomic mass is 9.75. The first-order valence-corrected chi connectivity index (χ1v) is 10.5. The van der Waals surface area contributed by atoms with Gasteiger partial charge in [0.2, 0.25) is 0 Å². The Bertz CT molecular complexity index is 597. The highest BCUT2D eigenvalue weighted by atomic mass is 16.4. The standard InChI is InChI=1S/C22H32N2O2/c25-22(26)21-11-10-18-8-4-5-9-20(18)24(21)19-12-14-23(15-13-19)16-17-6-2-1-3-7-17/h1-3,6-7,18-21H,4-5,8-16H2,(H,25,26). The molecule has 3 atom stereocenters. The lowest BCUT2D eigenvalue weighted by molar-refractivity contribution is -0.151. The molecule has 1 N–H and O–H groups in total. The quantitative estimate of drug-likeness (QED) is 0.892. The zero-order valence-electron chi connectivity index (χ0n) is 15.7. The van der Waals surface area contributed by atoms with E-state index in [1.165, 1.54) is 31.2 Å². The normalized spacial score (nSPS) is 31.5. The molecule has 142 valence electrons. The Labute approximate surface area is 157 Å². The summed E-state index contributed by atoms with van der Waals surface area (Å²) >= 11 is 0. The molecule has 2 heterocycles. The van der Waals surface area contributed by atoms with Crippen LogP contribution in [0, 0.1) is 5.92 Å². The van der Waals surface area contributed by atoms with Gasteiger partial charge >= 0.3 is 5.97 Å². The van der Waals surface area contributed by atoms with Gasteiger partial charge in [0.05, 0.1) is 0 Å². The van der Waals surface area contributed by atoms with Gasteiger partial charge in [-0.15, -0.1) is 0 Å². The zero-order chi connectivity index (χ0) is 17.9. The molecule has 0 radical (unpaired) electrons. The van der Waals surface area contributed by atoms with Crippen molar-refractivity contribution in [3.05, 3.63) is 35.9 Å². The van der Waals surface area contributed by atoms with Gasteiger partial charge in [-0.05, 0) is 63.1 Å². The van der Waals surface area contributed by atoms with E-state index >= 15 is 0 Å². The van der Waals surface area contributed by atoms with E-state index in [-0.39, 0.29) is 6.04 Å². The largest absolute Gasteiger partial charge is 0.480 e. The second-order valence-electron chi connectivity index (χ2n) is 8.48. The van der Waals surface area contributed by atoms with Crippen LogP contribution in [-0.2, 0) is 11.3 Å². The molecule has 0 amide bonds. The number of piperidine rings is 2. The van der Waals surface area contributed by atoms with E-state index in [2.05, 4.69) is 40.1 Å². The molecule has 2 aliphatic heterocycles. The Morgan fingerprint density at radius 2 is 1.69 bits per heavy atom. The summed E-state index contributed by atoms with van der Waals surface area (Å²) in [5.74, 6) is 0.141. The molecule has 0 bridgehead atoms. The van der Waals surface area contributed by atoms with Gasteiger partial charge in [-0.2, -0.15) is 0 Å². The number of likely N-dealkylation sites (tertiary alicyclic amines) is 2. The number of carboxylic acids is 1. The predicted octanol–water partition coefficient (Wildman–Crippen LogP) is 3.76. The fraction of sp³-hybridized carbons (Fsp3) is 0.682. The number of hydrogen-bond donors (Lipinski definition) is 1. The van der Waals surface area contributed by atoms with Crippen molar-refractivity contribution in [2.75, 3.05) is 13.1 Å². The molecule has 1 aromatic carbocycles. The highest BCUT2D eigenvalue weighted by Crippen LogP contribution is 2.40. The molecule has 4 rings (SSSR count). The molecule has 4 heteroatoms. The lowest BCUT2D eigenvalue weighted by Crippen LogP contribution is -2.60. The molecular weight excluding hydrogens is 324 g/mol. The number of benzene rings is 1. The third-order valence-electron chi connectivity index (χ3n) is 6.94. The molecule has 3 fully saturated rings. The summed E-state index contributed by atoms with van der Waals surface area (Å²) in [5.41, 5.74) is 1.37. The Morgan fingerprint density at radius 1 is 0.962 bits per heavy atom. The van der Waals surface area contributed by atoms with Crippen LogP contribution in [-0.4, -0.2) is 52.1 Å². The van der Waals surface area contributed by atoms with Crippen LogP contribution in [0.25, 0.3) is 0 Å². The number of hydrogen-bond acceptors (Lipinski definition) is 3. The molecule has 1 aliphatic carbocycles. The molecule has 26 heavy (non-hydrogen) atoms. The highest BCUT2D eigenvalue weighted by Gasteiger charge is 2.44. The van der Waals surface area contributed by atoms with Gasteiger partial charge in [-0.1, -0.05) is 43.2 Å². The summed E-state index contributed by atoms with van der Waals surface area (Å²) in [7, 11) is 0. The van der Waals surface area contributed by atoms with Gasteiger partial charge in [0.25, 0.3) is 0 Å². The molecule has 0 spiro atoms. The van der Waals surface area contributed by atoms with E-state index in [4.69, 9.17) is 0 Å². The van der Waals surface area contributed by atoms with Crippen LogP contribution < -0.4 is 0 Å². The van der Waals surface area contributed by atoms with Gasteiger partial charge in [0.15, 0.2) is 0 Å². The van der Waals surface area contributed by atoms with Gasteiger partial charge in [0, 0.05) is 18.6 Å². The Morgan fingerprint density at radius 3 is 2.42 bits per heavy atom. The van der Waals surface area contributed by atoms with Gasteiger partial charge in [-0.3, -0.25) is 14.6 Å². The molecule has 1 aromatic rings. The van der Waals surface area contributed by atoms with E-state index in [9.17, 15) is 9.90 Å². The molecule has 4 nitrogen and oxygen atoms in total. The number of carbonyl (C=O) groups is 1. The first kappa shape index (κ1) is 18.0. The summed E-state index contributed by atoms with van der Waals surface area (Å²) in [6.45, 7) is 3.18. The van der Waals surface area contributed by atoms with Crippen LogP contribution in [0.4, 0.5) is 0 Å². The van der Waals surface area contributed by atoms with Crippen LogP contribution in [0.3, 0.4) is 0 Å². The van der Waals surface area contributed by atoms with Crippen molar-refractivity contribution < 1.29 is 9.90 Å². The smallest absolute Gasteiger partial charge is 0.320 e. The highest BCUT2D eigenvalue weighted by molar-refractivity contribution is 5.73. The van der Waals surface area contributed by atoms with Crippen LogP contribution in [0.15, 0.2) is 30.3 Å². The number of rotatable bonds is 4. The maximum absolute atomic E-state index is 11.9. The van der Waals surface area contributed by atoms with E-state index in [0.29, 0.717) is 12.1 Å². The second-order valence-corrected chi connectivity index (χ2v) is 8.48. The first-order chi connectivity index (χ1) is 12.7. The van der Waals surface area contributed by atoms with E-state index < -0.39 is 5.97 Å². The minimum absolute atomic E-state index is 0.250. The summed E-state index contributed by atoms with van der Waals surface area (Å²) in [4.78, 5) is 16.9. The maximum atomic E-state index is 11.9. The minimum atomic E-state index is -0.597. The maximum Gasteiger partial charge on any atom is 0.320 e. The monoisotopic (exact) mass is 356 g/mol. The van der Waals surface area contributed by atoms with Crippen LogP contribution in [0.1, 0.15) is 56.9 Å². The summed E-state index contributed by atoms with van der Waals surface area (Å²) in [6.07, 6.45) is 9.31. The van der Waals surface area contributed by atoms with Gasteiger partial charge in [-0.25, -0.2) is 0 Å². The average molecular weight is 357 g/mol. The Hall–Kier alpha value is -1.39. The van der Waals surface area contributed by atoms with Crippen LogP contribution >= 0.6 is 0 Å². The number of aliphatic carboxylic acids is 1. The van der Waals surface area contributed by atoms with Crippen molar-refractivity contribution in [3.63, 3.8) is 0 Å². The fourth-order valence-electron chi connectivity index (χ4n) is 5.66. The van der Waals surface area contributed by atoms with E-state index in [1.807, 2.05) is 0 Å². The predicted molar refractivity (Wildman–Crippen MR) is 103 cm³/mol. The summed E-state index contributed by atoms with van der Waals surface area (Å²) < 4.78 is 0. The average Bonchev–Trinajstić information content (AvgIpc) is 2.68. The first-order valence-electron chi connectivity index (χ1n) is 10.5. The fourth-order valence-corrected chi connectivity index (χ4v) is 5.66. The molecule has 0 aromatic heterocycles. The molecule has 1 saturated carbocycles. The molecule has 3 aliphatic rings. The zero-order valence-corrected chi connectivity index (χ0v) is 15.7. The molecular formula is C22H32N2O2. The third kappa shape index (κ3) is 3.81. The summed E-state index contributed by atoms with van der Waals surface area (Å²) in [6, 6.07) is 11.4. The van der Waals surface area contributed by atoms with Crippen LogP contribution in [0.2, 0.25) is 0 Å². The summed E-state index contributed by atoms with van der Waals surface area (Å²) in [5, 5.41) is 9.82. The Balaban J connectivity index is 1.41. The SMILES string of the molecule is O=C(O)C1CCC2CCCCC2N1C1CCN(Cc2ccccc2)CC1. The lowest BCUT2D eigenvalue weighted by Gasteiger charge is -2.52. The second kappa shape index (κ2) is 8.10. The molecule has 2 saturated heterocycles. The minimum Gasteiger partial charge on any atom is -0.480 e. The van der Waals surface area contributed by atoms with Gasteiger partial charge < -0.3 is 5.11 Å². The van der Waals surface area contributed by atoms with Crippen molar-refractivity contribution in [2.45, 2.75) is 76.0 Å². The Kier molecular flexibility index (Phi) is 5.60. The number of carboxylic acid groups (broad SMARTS) is 1. The number of fused-ring (bicyclic) bond motifs is 1. The van der Waals surface area contributed by atoms with Crippen molar-refractivity contribution in [2.24, 2.45) is 5.92 Å². The number of nitrogens with zero attached hydrogens (tertiary/aromatic N) is 2. The van der Waals surface area contributed by atoms with Crippen LogP contribution in [0.5, 0.6) is 0 Å². The molecule has 3 unspecified atom stereocenters. The van der Waals surface area contributed by atoms with Gasteiger partial charge in [0.1, 0.15) is 6.04 Å². The third-order valence-corrected chi connectivity index (χ3v) is 6.94. The topological polar surface area (TPSA) is 43.8 Å². The van der Waals surface area contributed by atoms with E-state index in [1.54, 1.807) is 0 Å². The van der Waals surface area contributed by atoms with Crippen molar-refractivity contribution >= 4 is 5.97 Å². The van der Waals surface area contributed by atoms with Crippen molar-refractivity contribution in [3.8, 4) is 0 Å².